The van der Waals surface area contributed by atoms with Crippen LogP contribution in [0.25, 0.3) is 0 Å². The fraction of sp³-hybridized carbons (Fsp3) is 0.500. The quantitative estimate of drug-likeness (QED) is 0.772. The van der Waals surface area contributed by atoms with Gasteiger partial charge in [0.25, 0.3) is 0 Å². The maximum atomic E-state index is 5.20. The van der Waals surface area contributed by atoms with Crippen molar-refractivity contribution < 1.29 is 9.47 Å². The lowest BCUT2D eigenvalue weighted by molar-refractivity contribution is 0.178. The Labute approximate surface area is 91.4 Å². The van der Waals surface area contributed by atoms with Crippen molar-refractivity contribution in [3.05, 3.63) is 29.8 Å². The van der Waals surface area contributed by atoms with Gasteiger partial charge in [-0.15, -0.1) is 0 Å². The Hall–Kier alpha value is -1.06. The summed E-state index contributed by atoms with van der Waals surface area (Å²) in [5.41, 5.74) is 1.27. The van der Waals surface area contributed by atoms with E-state index in [-0.39, 0.29) is 0 Å². The lowest BCUT2D eigenvalue weighted by Crippen LogP contribution is -2.20. The number of hydrogen-bond acceptors (Lipinski definition) is 3. The standard InChI is InChI=1S/C12H19NO2/c1-13-8-11(9-14-2)10-4-6-12(15-3)7-5-10/h4-7,11,13H,8-9H2,1-3H3. The molecule has 1 unspecified atom stereocenters. The Morgan fingerprint density at radius 3 is 2.33 bits per heavy atom. The van der Waals surface area contributed by atoms with Crippen molar-refractivity contribution in [1.82, 2.24) is 5.32 Å². The number of likely N-dealkylation sites (N-methyl/N-ethyl adjacent to an activating group) is 1. The third-order valence-corrected chi connectivity index (χ3v) is 2.41. The zero-order valence-corrected chi connectivity index (χ0v) is 9.62. The van der Waals surface area contributed by atoms with E-state index in [1.165, 1.54) is 5.56 Å². The molecule has 1 aromatic rings. The molecule has 0 amide bonds. The molecule has 0 aliphatic carbocycles. The summed E-state index contributed by atoms with van der Waals surface area (Å²) in [6.45, 7) is 1.65. The van der Waals surface area contributed by atoms with Gasteiger partial charge in [-0.2, -0.15) is 0 Å². The Morgan fingerprint density at radius 1 is 1.20 bits per heavy atom. The highest BCUT2D eigenvalue weighted by Gasteiger charge is 2.09. The molecular formula is C12H19NO2. The first kappa shape index (κ1) is 12.0. The normalized spacial score (nSPS) is 12.5. The van der Waals surface area contributed by atoms with Crippen LogP contribution in [-0.4, -0.2) is 34.4 Å². The SMILES string of the molecule is CNCC(COC)c1ccc(OC)cc1. The summed E-state index contributed by atoms with van der Waals surface area (Å²) in [5.74, 6) is 1.28. The Kier molecular flexibility index (Phi) is 5.15. The molecule has 0 aromatic heterocycles. The van der Waals surface area contributed by atoms with Crippen molar-refractivity contribution in [3.8, 4) is 5.75 Å². The number of methoxy groups -OCH3 is 2. The van der Waals surface area contributed by atoms with Gasteiger partial charge in [-0.3, -0.25) is 0 Å². The summed E-state index contributed by atoms with van der Waals surface area (Å²) in [4.78, 5) is 0. The van der Waals surface area contributed by atoms with Crippen molar-refractivity contribution in [1.29, 1.82) is 0 Å². The van der Waals surface area contributed by atoms with Gasteiger partial charge in [0.05, 0.1) is 13.7 Å². The average molecular weight is 209 g/mol. The van der Waals surface area contributed by atoms with Crippen LogP contribution in [0, 0.1) is 0 Å². The predicted molar refractivity (Wildman–Crippen MR) is 61.5 cm³/mol. The molecular weight excluding hydrogens is 190 g/mol. The Balaban J connectivity index is 2.72. The van der Waals surface area contributed by atoms with Gasteiger partial charge in [0.1, 0.15) is 5.75 Å². The van der Waals surface area contributed by atoms with E-state index in [2.05, 4.69) is 17.4 Å². The Morgan fingerprint density at radius 2 is 1.87 bits per heavy atom. The highest BCUT2D eigenvalue weighted by molar-refractivity contribution is 5.29. The number of benzene rings is 1. The van der Waals surface area contributed by atoms with E-state index in [0.29, 0.717) is 5.92 Å². The van der Waals surface area contributed by atoms with Crippen molar-refractivity contribution in [2.24, 2.45) is 0 Å². The summed E-state index contributed by atoms with van der Waals surface area (Å²) in [5, 5.41) is 3.17. The summed E-state index contributed by atoms with van der Waals surface area (Å²) >= 11 is 0. The minimum Gasteiger partial charge on any atom is -0.497 e. The molecule has 1 N–H and O–H groups in total. The van der Waals surface area contributed by atoms with Gasteiger partial charge in [0, 0.05) is 19.6 Å². The van der Waals surface area contributed by atoms with Gasteiger partial charge in [-0.25, -0.2) is 0 Å². The molecule has 0 saturated carbocycles. The molecule has 15 heavy (non-hydrogen) atoms. The highest BCUT2D eigenvalue weighted by Crippen LogP contribution is 2.19. The van der Waals surface area contributed by atoms with Crippen LogP contribution in [0.4, 0.5) is 0 Å². The smallest absolute Gasteiger partial charge is 0.118 e. The molecule has 0 aliphatic rings. The molecule has 1 aromatic carbocycles. The molecule has 0 bridgehead atoms. The number of ether oxygens (including phenoxy) is 2. The van der Waals surface area contributed by atoms with Gasteiger partial charge in [-0.1, -0.05) is 12.1 Å². The van der Waals surface area contributed by atoms with E-state index in [0.717, 1.165) is 18.9 Å². The zero-order valence-electron chi connectivity index (χ0n) is 9.62. The van der Waals surface area contributed by atoms with Crippen LogP contribution in [-0.2, 0) is 4.74 Å². The molecule has 0 saturated heterocycles. The van der Waals surface area contributed by atoms with E-state index in [4.69, 9.17) is 9.47 Å². The summed E-state index contributed by atoms with van der Waals surface area (Å²) in [7, 11) is 5.35. The molecule has 3 heteroatoms. The molecule has 0 radical (unpaired) electrons. The van der Waals surface area contributed by atoms with Gasteiger partial charge < -0.3 is 14.8 Å². The van der Waals surface area contributed by atoms with E-state index in [1.54, 1.807) is 14.2 Å². The van der Waals surface area contributed by atoms with Crippen LogP contribution in [0.5, 0.6) is 5.75 Å². The van der Waals surface area contributed by atoms with Crippen molar-refractivity contribution >= 4 is 0 Å². The Bertz CT molecular complexity index is 265. The van der Waals surface area contributed by atoms with Crippen molar-refractivity contribution in [2.75, 3.05) is 34.4 Å². The third-order valence-electron chi connectivity index (χ3n) is 2.41. The third kappa shape index (κ3) is 3.53. The van der Waals surface area contributed by atoms with Gasteiger partial charge >= 0.3 is 0 Å². The summed E-state index contributed by atoms with van der Waals surface area (Å²) in [6, 6.07) is 8.13. The second-order valence-corrected chi connectivity index (χ2v) is 3.48. The fourth-order valence-electron chi connectivity index (χ4n) is 1.60. The molecule has 3 nitrogen and oxygen atoms in total. The maximum absolute atomic E-state index is 5.20. The van der Waals surface area contributed by atoms with Gasteiger partial charge in [0.15, 0.2) is 0 Å². The fourth-order valence-corrected chi connectivity index (χ4v) is 1.60. The van der Waals surface area contributed by atoms with Crippen LogP contribution < -0.4 is 10.1 Å². The van der Waals surface area contributed by atoms with Crippen molar-refractivity contribution in [3.63, 3.8) is 0 Å². The van der Waals surface area contributed by atoms with E-state index in [9.17, 15) is 0 Å². The largest absolute Gasteiger partial charge is 0.497 e. The van der Waals surface area contributed by atoms with Crippen LogP contribution >= 0.6 is 0 Å². The zero-order chi connectivity index (χ0) is 11.1. The topological polar surface area (TPSA) is 30.5 Å². The lowest BCUT2D eigenvalue weighted by Gasteiger charge is -2.16. The van der Waals surface area contributed by atoms with E-state index >= 15 is 0 Å². The molecule has 84 valence electrons. The molecule has 0 heterocycles. The minimum absolute atomic E-state index is 0.394. The van der Waals surface area contributed by atoms with Gasteiger partial charge in [-0.05, 0) is 24.7 Å². The number of hydrogen-bond donors (Lipinski definition) is 1. The molecule has 1 rings (SSSR count). The second-order valence-electron chi connectivity index (χ2n) is 3.48. The van der Waals surface area contributed by atoms with E-state index in [1.807, 2.05) is 19.2 Å². The average Bonchev–Trinajstić information content (AvgIpc) is 2.29. The highest BCUT2D eigenvalue weighted by atomic mass is 16.5. The first-order chi connectivity index (χ1) is 7.31. The predicted octanol–water partition coefficient (Wildman–Crippen LogP) is 1.64. The molecule has 0 aliphatic heterocycles. The molecule has 0 spiro atoms. The first-order valence-corrected chi connectivity index (χ1v) is 5.09. The van der Waals surface area contributed by atoms with Crippen LogP contribution in [0.15, 0.2) is 24.3 Å². The number of rotatable bonds is 6. The van der Waals surface area contributed by atoms with E-state index < -0.39 is 0 Å². The summed E-state index contributed by atoms with van der Waals surface area (Å²) < 4.78 is 10.3. The maximum Gasteiger partial charge on any atom is 0.118 e. The molecule has 1 atom stereocenters. The van der Waals surface area contributed by atoms with Crippen LogP contribution in [0.3, 0.4) is 0 Å². The molecule has 0 fully saturated rings. The van der Waals surface area contributed by atoms with Crippen LogP contribution in [0.2, 0.25) is 0 Å². The van der Waals surface area contributed by atoms with Crippen molar-refractivity contribution in [2.45, 2.75) is 5.92 Å². The number of nitrogens with one attached hydrogen (secondary N) is 1. The monoisotopic (exact) mass is 209 g/mol. The first-order valence-electron chi connectivity index (χ1n) is 5.09. The second kappa shape index (κ2) is 6.43. The lowest BCUT2D eigenvalue weighted by atomic mass is 10.00. The summed E-state index contributed by atoms with van der Waals surface area (Å²) in [6.07, 6.45) is 0. The van der Waals surface area contributed by atoms with Gasteiger partial charge in [0.2, 0.25) is 0 Å². The van der Waals surface area contributed by atoms with Crippen LogP contribution in [0.1, 0.15) is 11.5 Å². The minimum atomic E-state index is 0.394.